The van der Waals surface area contributed by atoms with Crippen LogP contribution in [0.3, 0.4) is 0 Å². The van der Waals surface area contributed by atoms with Crippen molar-refractivity contribution in [3.05, 3.63) is 99.8 Å². The molecule has 6 rings (SSSR count). The number of benzene rings is 3. The van der Waals surface area contributed by atoms with E-state index in [2.05, 4.69) is 80.6 Å². The van der Waals surface area contributed by atoms with Gasteiger partial charge in [-0.05, 0) is 67.3 Å². The third kappa shape index (κ3) is 7.57. The van der Waals surface area contributed by atoms with Crippen molar-refractivity contribution in [1.82, 2.24) is 24.7 Å². The van der Waals surface area contributed by atoms with Crippen molar-refractivity contribution in [3.63, 3.8) is 0 Å². The maximum Gasteiger partial charge on any atom is 0.228 e. The number of alkyl halides is 1. The van der Waals surface area contributed by atoms with Crippen LogP contribution in [-0.2, 0) is 11.3 Å². The fourth-order valence-corrected chi connectivity index (χ4v) is 7.70. The van der Waals surface area contributed by atoms with Crippen molar-refractivity contribution in [3.8, 4) is 0 Å². The van der Waals surface area contributed by atoms with Gasteiger partial charge >= 0.3 is 0 Å². The number of amides is 1. The summed E-state index contributed by atoms with van der Waals surface area (Å²) in [5.74, 6) is 2.03. The SMILES string of the molecule is CCN(CI)C(=O)C1CCCN(c2nc(CN3CCN(C(c4ccc(Cl)cc4)c4ccc(Cl)cc4)CC3)nc3ccccc23)C1. The zero-order valence-electron chi connectivity index (χ0n) is 25.6. The fraction of sp³-hybridized carbons (Fsp3) is 0.400. The minimum absolute atomic E-state index is 0.00653. The number of carbonyl (C=O) groups excluding carboxylic acids is 1. The number of halogens is 3. The molecule has 2 saturated heterocycles. The van der Waals surface area contributed by atoms with E-state index in [0.29, 0.717) is 13.1 Å². The summed E-state index contributed by atoms with van der Waals surface area (Å²) >= 11 is 14.8. The van der Waals surface area contributed by atoms with E-state index in [1.165, 1.54) is 11.1 Å². The molecule has 0 radical (unpaired) electrons. The van der Waals surface area contributed by atoms with Gasteiger partial charge in [-0.25, -0.2) is 9.97 Å². The summed E-state index contributed by atoms with van der Waals surface area (Å²) in [4.78, 5) is 32.7. The van der Waals surface area contributed by atoms with E-state index < -0.39 is 0 Å². The Hall–Kier alpha value is -2.50. The summed E-state index contributed by atoms with van der Waals surface area (Å²) in [5, 5.41) is 2.53. The molecule has 2 aliphatic rings. The quantitative estimate of drug-likeness (QED) is 0.102. The molecule has 45 heavy (non-hydrogen) atoms. The second-order valence-electron chi connectivity index (χ2n) is 11.9. The lowest BCUT2D eigenvalue weighted by molar-refractivity contribution is -0.134. The van der Waals surface area contributed by atoms with Crippen molar-refractivity contribution in [1.29, 1.82) is 0 Å². The highest BCUT2D eigenvalue weighted by Crippen LogP contribution is 2.32. The Morgan fingerprint density at radius 1 is 0.911 bits per heavy atom. The average Bonchev–Trinajstić information content (AvgIpc) is 3.07. The van der Waals surface area contributed by atoms with E-state index in [1.807, 2.05) is 41.3 Å². The maximum atomic E-state index is 13.3. The first-order valence-corrected chi connectivity index (χ1v) is 18.0. The highest BCUT2D eigenvalue weighted by Gasteiger charge is 2.31. The van der Waals surface area contributed by atoms with Crippen LogP contribution in [0.1, 0.15) is 42.8 Å². The molecule has 4 aromatic rings. The Morgan fingerprint density at radius 2 is 1.56 bits per heavy atom. The van der Waals surface area contributed by atoms with Gasteiger partial charge in [-0.15, -0.1) is 0 Å². The number of hydrogen-bond acceptors (Lipinski definition) is 6. The Morgan fingerprint density at radius 3 is 2.18 bits per heavy atom. The number of rotatable bonds is 9. The van der Waals surface area contributed by atoms with Gasteiger partial charge in [0.2, 0.25) is 5.91 Å². The fourth-order valence-electron chi connectivity index (χ4n) is 6.63. The van der Waals surface area contributed by atoms with Gasteiger partial charge in [0.1, 0.15) is 11.6 Å². The topological polar surface area (TPSA) is 55.8 Å². The third-order valence-corrected chi connectivity index (χ3v) is 10.4. The molecule has 3 aromatic carbocycles. The number of piperazine rings is 1. The van der Waals surface area contributed by atoms with Gasteiger partial charge in [0.15, 0.2) is 0 Å². The Kier molecular flexibility index (Phi) is 10.8. The van der Waals surface area contributed by atoms with Crippen molar-refractivity contribution < 1.29 is 4.79 Å². The normalized spacial score (nSPS) is 18.1. The summed E-state index contributed by atoms with van der Waals surface area (Å²) < 4.78 is 0.720. The molecule has 1 amide bonds. The van der Waals surface area contributed by atoms with Gasteiger partial charge in [-0.1, -0.05) is 82.2 Å². The number of fused-ring (bicyclic) bond motifs is 1. The van der Waals surface area contributed by atoms with Crippen LogP contribution in [0.4, 0.5) is 5.82 Å². The molecule has 3 heterocycles. The molecule has 1 atom stereocenters. The summed E-state index contributed by atoms with van der Waals surface area (Å²) in [5.41, 5.74) is 3.39. The highest BCUT2D eigenvalue weighted by atomic mass is 127. The van der Waals surface area contributed by atoms with Crippen LogP contribution in [-0.4, -0.2) is 80.9 Å². The summed E-state index contributed by atoms with van der Waals surface area (Å²) in [6, 6.07) is 24.8. The molecule has 2 fully saturated rings. The highest BCUT2D eigenvalue weighted by molar-refractivity contribution is 14.1. The largest absolute Gasteiger partial charge is 0.355 e. The van der Waals surface area contributed by atoms with Crippen LogP contribution in [0.15, 0.2) is 72.8 Å². The van der Waals surface area contributed by atoms with Crippen LogP contribution in [0, 0.1) is 5.92 Å². The number of carbonyl (C=O) groups is 1. The predicted molar refractivity (Wildman–Crippen MR) is 192 cm³/mol. The van der Waals surface area contributed by atoms with Gasteiger partial charge in [-0.2, -0.15) is 0 Å². The van der Waals surface area contributed by atoms with E-state index in [4.69, 9.17) is 33.2 Å². The molecule has 0 spiro atoms. The van der Waals surface area contributed by atoms with Crippen molar-refractivity contribution in [2.45, 2.75) is 32.4 Å². The van der Waals surface area contributed by atoms with Gasteiger partial charge < -0.3 is 9.80 Å². The van der Waals surface area contributed by atoms with Gasteiger partial charge in [0, 0.05) is 61.2 Å². The van der Waals surface area contributed by atoms with Crippen LogP contribution < -0.4 is 4.90 Å². The van der Waals surface area contributed by atoms with Crippen LogP contribution in [0.25, 0.3) is 10.9 Å². The first-order valence-electron chi connectivity index (χ1n) is 15.8. The Labute approximate surface area is 289 Å². The zero-order valence-corrected chi connectivity index (χ0v) is 29.3. The van der Waals surface area contributed by atoms with Gasteiger partial charge in [-0.3, -0.25) is 14.6 Å². The van der Waals surface area contributed by atoms with Crippen LogP contribution in [0.2, 0.25) is 10.0 Å². The Balaban J connectivity index is 1.19. The second kappa shape index (κ2) is 14.9. The van der Waals surface area contributed by atoms with E-state index in [-0.39, 0.29) is 17.9 Å². The summed E-state index contributed by atoms with van der Waals surface area (Å²) in [6.07, 6.45) is 1.91. The van der Waals surface area contributed by atoms with E-state index in [1.54, 1.807) is 0 Å². The molecule has 236 valence electrons. The molecule has 1 unspecified atom stereocenters. The Bertz CT molecular complexity index is 1550. The van der Waals surface area contributed by atoms with Crippen molar-refractivity contribution in [2.75, 3.05) is 55.3 Å². The van der Waals surface area contributed by atoms with Crippen molar-refractivity contribution in [2.24, 2.45) is 5.92 Å². The number of piperidine rings is 1. The minimum Gasteiger partial charge on any atom is -0.355 e. The smallest absolute Gasteiger partial charge is 0.228 e. The summed E-state index contributed by atoms with van der Waals surface area (Å²) in [6.45, 7) is 8.72. The number of anilines is 1. The van der Waals surface area contributed by atoms with Crippen LogP contribution in [0.5, 0.6) is 0 Å². The minimum atomic E-state index is -0.00653. The van der Waals surface area contributed by atoms with Crippen LogP contribution >= 0.6 is 45.8 Å². The summed E-state index contributed by atoms with van der Waals surface area (Å²) in [7, 11) is 0. The molecule has 0 aliphatic carbocycles. The number of nitrogens with zero attached hydrogens (tertiary/aromatic N) is 6. The molecule has 10 heteroatoms. The lowest BCUT2D eigenvalue weighted by Gasteiger charge is -2.39. The lowest BCUT2D eigenvalue weighted by atomic mass is 9.96. The molecule has 0 N–H and O–H groups in total. The molecule has 2 aliphatic heterocycles. The van der Waals surface area contributed by atoms with Gasteiger partial charge in [0.25, 0.3) is 0 Å². The molecular weight excluding hydrogens is 718 g/mol. The first kappa shape index (κ1) is 32.4. The lowest BCUT2D eigenvalue weighted by Crippen LogP contribution is -2.47. The standard InChI is InChI=1S/C35H39Cl2IN6O/c1-2-42(24-38)35(45)27-6-5-17-44(22-27)34-30-7-3-4-8-31(30)39-32(40-34)23-41-18-20-43(21-19-41)33(25-9-13-28(36)14-10-25)26-11-15-29(37)16-12-26/h3-4,7-16,27,33H,2,5-6,17-24H2,1H3. The predicted octanol–water partition coefficient (Wildman–Crippen LogP) is 7.30. The maximum absolute atomic E-state index is 13.3. The second-order valence-corrected chi connectivity index (χ2v) is 13.5. The van der Waals surface area contributed by atoms with E-state index >= 15 is 0 Å². The third-order valence-electron chi connectivity index (χ3n) is 9.05. The van der Waals surface area contributed by atoms with Crippen molar-refractivity contribution >= 4 is 68.4 Å². The molecule has 1 aromatic heterocycles. The number of hydrogen-bond donors (Lipinski definition) is 0. The molecule has 0 bridgehead atoms. The molecule has 0 saturated carbocycles. The van der Waals surface area contributed by atoms with E-state index in [0.717, 1.165) is 89.3 Å². The number of aromatic nitrogens is 2. The van der Waals surface area contributed by atoms with E-state index in [9.17, 15) is 4.79 Å². The monoisotopic (exact) mass is 756 g/mol. The average molecular weight is 758 g/mol. The zero-order chi connectivity index (χ0) is 31.3. The first-order chi connectivity index (χ1) is 21.9. The molecule has 7 nitrogen and oxygen atoms in total. The number of para-hydroxylation sites is 1. The molecular formula is C35H39Cl2IN6O. The van der Waals surface area contributed by atoms with Gasteiger partial charge in [0.05, 0.1) is 28.6 Å².